The molecule has 2 aromatic rings. The van der Waals surface area contributed by atoms with Crippen molar-refractivity contribution in [1.29, 1.82) is 0 Å². The molecule has 2 aliphatic heterocycles. The van der Waals surface area contributed by atoms with Gasteiger partial charge in [0, 0.05) is 57.0 Å². The lowest BCUT2D eigenvalue weighted by Crippen LogP contribution is -2.48. The molecule has 32 heavy (non-hydrogen) atoms. The van der Waals surface area contributed by atoms with Crippen molar-refractivity contribution in [2.75, 3.05) is 38.0 Å². The summed E-state index contributed by atoms with van der Waals surface area (Å²) in [6, 6.07) is 15.9. The fourth-order valence-corrected chi connectivity index (χ4v) is 4.55. The first-order chi connectivity index (χ1) is 15.0. The Bertz CT molecular complexity index is 871. The molecule has 2 aromatic carbocycles. The van der Waals surface area contributed by atoms with Crippen LogP contribution in [0.3, 0.4) is 0 Å². The summed E-state index contributed by atoms with van der Waals surface area (Å²) in [4.78, 5) is 17.2. The highest BCUT2D eigenvalue weighted by molar-refractivity contribution is 5.85. The molecule has 1 amide bonds. The van der Waals surface area contributed by atoms with Crippen LogP contribution in [-0.4, -0.2) is 60.5 Å². The Morgan fingerprint density at radius 2 is 1.81 bits per heavy atom. The number of anilines is 1. The van der Waals surface area contributed by atoms with E-state index in [0.29, 0.717) is 12.5 Å². The smallest absolute Gasteiger partial charge is 0.226 e. The van der Waals surface area contributed by atoms with Crippen molar-refractivity contribution in [3.05, 3.63) is 65.5 Å². The van der Waals surface area contributed by atoms with Crippen LogP contribution >= 0.6 is 12.4 Å². The first kappa shape index (κ1) is 24.5. The minimum absolute atomic E-state index is 0. The molecule has 0 bridgehead atoms. The van der Waals surface area contributed by atoms with E-state index in [-0.39, 0.29) is 30.2 Å². The summed E-state index contributed by atoms with van der Waals surface area (Å²) >= 11 is 0. The Kier molecular flexibility index (Phi) is 8.91. The number of piperidine rings is 1. The number of piperazine rings is 1. The van der Waals surface area contributed by atoms with Gasteiger partial charge < -0.3 is 15.5 Å². The van der Waals surface area contributed by atoms with E-state index in [0.717, 1.165) is 63.4 Å². The lowest BCUT2D eigenvalue weighted by Gasteiger charge is -2.33. The normalized spacial score (nSPS) is 19.9. The van der Waals surface area contributed by atoms with Crippen LogP contribution < -0.4 is 10.6 Å². The largest absolute Gasteiger partial charge is 0.382 e. The lowest BCUT2D eigenvalue weighted by atomic mass is 10.0. The highest BCUT2D eigenvalue weighted by Gasteiger charge is 2.23. The number of nitrogens with zero attached hydrogens (tertiary/aromatic N) is 2. The second-order valence-corrected chi connectivity index (χ2v) is 8.89. The van der Waals surface area contributed by atoms with E-state index in [4.69, 9.17) is 0 Å². The van der Waals surface area contributed by atoms with E-state index in [1.807, 2.05) is 11.0 Å². The third-order valence-corrected chi connectivity index (χ3v) is 6.28. The van der Waals surface area contributed by atoms with E-state index in [2.05, 4.69) is 46.7 Å². The van der Waals surface area contributed by atoms with Gasteiger partial charge in [-0.25, -0.2) is 4.39 Å². The van der Waals surface area contributed by atoms with Gasteiger partial charge in [-0.05, 0) is 49.1 Å². The number of carbonyl (C=O) groups excluding carboxylic acids is 1. The van der Waals surface area contributed by atoms with Crippen molar-refractivity contribution in [2.45, 2.75) is 44.8 Å². The molecule has 1 atom stereocenters. The van der Waals surface area contributed by atoms with Gasteiger partial charge in [0.1, 0.15) is 5.82 Å². The summed E-state index contributed by atoms with van der Waals surface area (Å²) < 4.78 is 13.4. The van der Waals surface area contributed by atoms with Gasteiger partial charge in [-0.2, -0.15) is 0 Å². The van der Waals surface area contributed by atoms with Crippen LogP contribution in [-0.2, 0) is 17.8 Å². The summed E-state index contributed by atoms with van der Waals surface area (Å²) in [7, 11) is 0. The summed E-state index contributed by atoms with van der Waals surface area (Å²) in [5.41, 5.74) is 3.18. The molecule has 7 heteroatoms. The number of nitrogens with one attached hydrogen (secondary N) is 2. The molecule has 2 N–H and O–H groups in total. The molecule has 0 unspecified atom stereocenters. The van der Waals surface area contributed by atoms with E-state index in [9.17, 15) is 9.18 Å². The van der Waals surface area contributed by atoms with Crippen LogP contribution in [0.15, 0.2) is 48.5 Å². The van der Waals surface area contributed by atoms with Gasteiger partial charge in [0.2, 0.25) is 5.91 Å². The minimum atomic E-state index is -0.230. The SMILES string of the molecule is C[C@@H]1CN(Cc2ccc(CC(=O)N3CCC(Nc4cccc(F)c4)CC3)cc2)CCN1.Cl. The van der Waals surface area contributed by atoms with Gasteiger partial charge in [-0.15, -0.1) is 12.4 Å². The maximum atomic E-state index is 13.4. The Morgan fingerprint density at radius 3 is 2.50 bits per heavy atom. The average molecular weight is 461 g/mol. The summed E-state index contributed by atoms with van der Waals surface area (Å²) in [6.45, 7) is 7.87. The Labute approximate surface area is 196 Å². The maximum Gasteiger partial charge on any atom is 0.226 e. The van der Waals surface area contributed by atoms with Gasteiger partial charge >= 0.3 is 0 Å². The predicted molar refractivity (Wildman–Crippen MR) is 130 cm³/mol. The van der Waals surface area contributed by atoms with Gasteiger partial charge in [0.25, 0.3) is 0 Å². The van der Waals surface area contributed by atoms with Crippen molar-refractivity contribution in [2.24, 2.45) is 0 Å². The van der Waals surface area contributed by atoms with Gasteiger partial charge in [0.15, 0.2) is 0 Å². The van der Waals surface area contributed by atoms with Crippen molar-refractivity contribution < 1.29 is 9.18 Å². The van der Waals surface area contributed by atoms with Gasteiger partial charge in [0.05, 0.1) is 6.42 Å². The van der Waals surface area contributed by atoms with Crippen LogP contribution in [0.1, 0.15) is 30.9 Å². The van der Waals surface area contributed by atoms with Crippen molar-refractivity contribution in [1.82, 2.24) is 15.1 Å². The quantitative estimate of drug-likeness (QED) is 0.690. The number of hydrogen-bond donors (Lipinski definition) is 2. The van der Waals surface area contributed by atoms with Crippen molar-refractivity contribution >= 4 is 24.0 Å². The molecular formula is C25H34ClFN4O. The van der Waals surface area contributed by atoms with Crippen LogP contribution in [0, 0.1) is 5.82 Å². The Hall–Kier alpha value is -2.15. The molecule has 2 saturated heterocycles. The molecule has 2 heterocycles. The molecule has 0 aliphatic carbocycles. The van der Waals surface area contributed by atoms with Crippen molar-refractivity contribution in [3.63, 3.8) is 0 Å². The second-order valence-electron chi connectivity index (χ2n) is 8.89. The van der Waals surface area contributed by atoms with Crippen LogP contribution in [0.2, 0.25) is 0 Å². The molecule has 2 aliphatic rings. The zero-order valence-corrected chi connectivity index (χ0v) is 19.5. The lowest BCUT2D eigenvalue weighted by molar-refractivity contribution is -0.131. The Balaban J connectivity index is 0.00000289. The Morgan fingerprint density at radius 1 is 1.09 bits per heavy atom. The van der Waals surface area contributed by atoms with E-state index in [1.54, 1.807) is 6.07 Å². The number of carbonyl (C=O) groups is 1. The molecule has 0 aromatic heterocycles. The second kappa shape index (κ2) is 11.6. The molecule has 0 saturated carbocycles. The van der Waals surface area contributed by atoms with E-state index in [1.165, 1.54) is 17.7 Å². The molecule has 2 fully saturated rings. The topological polar surface area (TPSA) is 47.6 Å². The molecule has 4 rings (SSSR count). The third kappa shape index (κ3) is 6.92. The molecule has 0 spiro atoms. The standard InChI is InChI=1S/C25H33FN4O.ClH/c1-19-17-29(14-11-27-19)18-21-7-5-20(6-8-21)15-25(31)30-12-9-23(10-13-30)28-24-4-2-3-22(26)16-24;/h2-8,16,19,23,27-28H,9-15,17-18H2,1H3;1H/t19-;/m1./s1. The minimum Gasteiger partial charge on any atom is -0.382 e. The van der Waals surface area contributed by atoms with Crippen molar-refractivity contribution in [3.8, 4) is 0 Å². The first-order valence-corrected chi connectivity index (χ1v) is 11.4. The van der Waals surface area contributed by atoms with Crippen LogP contribution in [0.5, 0.6) is 0 Å². The number of benzene rings is 2. The fourth-order valence-electron chi connectivity index (χ4n) is 4.55. The number of halogens is 2. The zero-order valence-electron chi connectivity index (χ0n) is 18.7. The predicted octanol–water partition coefficient (Wildman–Crippen LogP) is 3.69. The average Bonchev–Trinajstić information content (AvgIpc) is 2.76. The number of rotatable bonds is 6. The number of amides is 1. The van der Waals surface area contributed by atoms with Crippen LogP contribution in [0.4, 0.5) is 10.1 Å². The van der Waals surface area contributed by atoms with E-state index >= 15 is 0 Å². The number of likely N-dealkylation sites (tertiary alicyclic amines) is 1. The highest BCUT2D eigenvalue weighted by Crippen LogP contribution is 2.18. The zero-order chi connectivity index (χ0) is 21.6. The van der Waals surface area contributed by atoms with Crippen LogP contribution in [0.25, 0.3) is 0 Å². The van der Waals surface area contributed by atoms with Gasteiger partial charge in [-0.1, -0.05) is 30.3 Å². The molecule has 5 nitrogen and oxygen atoms in total. The number of hydrogen-bond acceptors (Lipinski definition) is 4. The third-order valence-electron chi connectivity index (χ3n) is 6.28. The fraction of sp³-hybridized carbons (Fsp3) is 0.480. The molecular weight excluding hydrogens is 427 g/mol. The molecule has 174 valence electrons. The monoisotopic (exact) mass is 460 g/mol. The highest BCUT2D eigenvalue weighted by atomic mass is 35.5. The molecule has 0 radical (unpaired) electrons. The summed E-state index contributed by atoms with van der Waals surface area (Å²) in [5, 5.41) is 6.86. The van der Waals surface area contributed by atoms with E-state index < -0.39 is 0 Å². The summed E-state index contributed by atoms with van der Waals surface area (Å²) in [5.74, 6) is -0.0426. The maximum absolute atomic E-state index is 13.4. The first-order valence-electron chi connectivity index (χ1n) is 11.4. The summed E-state index contributed by atoms with van der Waals surface area (Å²) in [6.07, 6.45) is 2.21. The van der Waals surface area contributed by atoms with Gasteiger partial charge in [-0.3, -0.25) is 9.69 Å².